The maximum Gasteiger partial charge on any atom is 0.147 e. The highest BCUT2D eigenvalue weighted by molar-refractivity contribution is 7.90. The van der Waals surface area contributed by atoms with Gasteiger partial charge in [-0.05, 0) is 451 Å². The fourth-order valence-electron chi connectivity index (χ4n) is 14.3. The predicted octanol–water partition coefficient (Wildman–Crippen LogP) is 25.8. The van der Waals surface area contributed by atoms with Gasteiger partial charge >= 0.3 is 0 Å². The molecule has 6 saturated heterocycles. The first-order valence-corrected chi connectivity index (χ1v) is 62.3. The fourth-order valence-corrected chi connectivity index (χ4v) is 15.2. The Morgan fingerprint density at radius 2 is 0.618 bits per heavy atom. The summed E-state index contributed by atoms with van der Waals surface area (Å²) < 4.78 is 57.3. The molecule has 0 aromatic rings. The second-order valence-corrected chi connectivity index (χ2v) is 52.6. The molecular formula is C123H276N14O6S. The minimum Gasteiger partial charge on any atom is -0.392 e. The SMILES string of the molecule is CC(C)CCN(C)C.CC(C)CCN(C)C.CC(C)CCN(C)C1CC1.CC(C)CCN1CCC(O)C1.CC(C)CCN1CCC1.CC(C)CCN1CCCC1.CC(C)CCN1CCCCC1.CC(C)CCN1CCN(C)CC1.CC(C)CCN1CCOCC1.CC(C)CCS(C)(=O)=O.CCN(C)CCC(C)C.CCN(CC)CCC(C)C.COCCC(C)C.COCCN(C)CCC(C)C.[2H]C([2H])([2H])N(C)CCC(C)C. The Hall–Kier alpha value is -0.770. The number of morpholine rings is 1. The van der Waals surface area contributed by atoms with Crippen LogP contribution in [-0.2, 0) is 24.0 Å². The van der Waals surface area contributed by atoms with E-state index in [4.69, 9.17) is 18.3 Å². The third-order valence-electron chi connectivity index (χ3n) is 26.5. The average Bonchev–Trinajstić information content (AvgIpc) is 1.75. The number of hydrogen-bond acceptors (Lipinski definition) is 20. The molecule has 0 aromatic heterocycles. The zero-order valence-corrected chi connectivity index (χ0v) is 108. The molecule has 0 bridgehead atoms. The molecule has 1 saturated carbocycles. The first-order chi connectivity index (χ1) is 68.5. The summed E-state index contributed by atoms with van der Waals surface area (Å²) in [6.45, 7) is 113. The molecule has 0 radical (unpaired) electrons. The van der Waals surface area contributed by atoms with Crippen molar-refractivity contribution in [3.8, 4) is 0 Å². The van der Waals surface area contributed by atoms with Crippen LogP contribution in [0.15, 0.2) is 0 Å². The summed E-state index contributed by atoms with van der Waals surface area (Å²) in [6.07, 6.45) is 32.5. The molecule has 1 N–H and O–H groups in total. The van der Waals surface area contributed by atoms with Crippen molar-refractivity contribution in [3.05, 3.63) is 0 Å². The van der Waals surface area contributed by atoms with E-state index in [1.807, 2.05) is 13.8 Å². The molecule has 0 amide bonds. The van der Waals surface area contributed by atoms with Gasteiger partial charge in [0.15, 0.2) is 0 Å². The number of piperazine rings is 1. The van der Waals surface area contributed by atoms with Gasteiger partial charge in [0.05, 0.1) is 31.7 Å². The lowest BCUT2D eigenvalue weighted by Gasteiger charge is -2.32. The minimum atomic E-state index is -2.72. The molecule has 6 heterocycles. The Morgan fingerprint density at radius 3 is 0.882 bits per heavy atom. The van der Waals surface area contributed by atoms with E-state index in [1.54, 1.807) is 21.3 Å². The van der Waals surface area contributed by atoms with Crippen LogP contribution in [0, 0.1) is 88.8 Å². The van der Waals surface area contributed by atoms with E-state index in [0.717, 1.165) is 168 Å². The van der Waals surface area contributed by atoms with Crippen LogP contribution in [0.3, 0.4) is 0 Å². The molecule has 144 heavy (non-hydrogen) atoms. The van der Waals surface area contributed by atoms with Crippen LogP contribution < -0.4 is 0 Å². The highest BCUT2D eigenvalue weighted by Crippen LogP contribution is 2.26. The van der Waals surface area contributed by atoms with Crippen molar-refractivity contribution in [2.75, 3.05) is 326 Å². The van der Waals surface area contributed by atoms with E-state index in [-0.39, 0.29) is 6.10 Å². The molecule has 21 heteroatoms. The molecule has 0 spiro atoms. The van der Waals surface area contributed by atoms with Crippen LogP contribution in [0.5, 0.6) is 0 Å². The normalized spacial score (nSPS) is 17.0. The monoisotopic (exact) mass is 2080 g/mol. The summed E-state index contributed by atoms with van der Waals surface area (Å²) >= 11 is 0. The van der Waals surface area contributed by atoms with E-state index < -0.39 is 16.8 Å². The highest BCUT2D eigenvalue weighted by atomic mass is 32.2. The van der Waals surface area contributed by atoms with Crippen LogP contribution in [0.1, 0.15) is 387 Å². The summed E-state index contributed by atoms with van der Waals surface area (Å²) in [5, 5.41) is 9.22. The molecule has 0 aromatic carbocycles. The molecule has 7 fully saturated rings. The quantitative estimate of drug-likeness (QED) is 0.0620. The molecule has 7 aliphatic rings. The van der Waals surface area contributed by atoms with Gasteiger partial charge < -0.3 is 83.0 Å². The zero-order valence-electron chi connectivity index (χ0n) is 110. The molecule has 7 rings (SSSR count). The smallest absolute Gasteiger partial charge is 0.147 e. The summed E-state index contributed by atoms with van der Waals surface area (Å²) in [6, 6.07) is 0.943. The van der Waals surface area contributed by atoms with Gasteiger partial charge in [-0.1, -0.05) is 235 Å². The molecular weight excluding hydrogens is 1800 g/mol. The van der Waals surface area contributed by atoms with Crippen molar-refractivity contribution < 1.29 is 31.8 Å². The molecule has 1 aliphatic carbocycles. The van der Waals surface area contributed by atoms with Crippen LogP contribution in [0.25, 0.3) is 0 Å². The van der Waals surface area contributed by atoms with Crippen molar-refractivity contribution in [2.45, 2.75) is 395 Å². The first-order valence-electron chi connectivity index (χ1n) is 61.8. The minimum absolute atomic E-state index is 0.0536. The summed E-state index contributed by atoms with van der Waals surface area (Å²) in [5.74, 6) is 12.3. The van der Waals surface area contributed by atoms with Crippen molar-refractivity contribution in [2.24, 2.45) is 88.8 Å². The number of aliphatic hydroxyl groups excluding tert-OH is 1. The number of ether oxygens (including phenoxy) is 3. The Bertz CT molecular complexity index is 2550. The van der Waals surface area contributed by atoms with Gasteiger partial charge in [-0.3, -0.25) is 4.90 Å². The van der Waals surface area contributed by atoms with E-state index in [2.05, 4.69) is 335 Å². The number of β-amino-alcohol motifs (C(OH)–C–C–N with tert-alkyl or cyclic N) is 1. The van der Waals surface area contributed by atoms with Crippen molar-refractivity contribution in [1.82, 2.24) is 68.6 Å². The summed E-state index contributed by atoms with van der Waals surface area (Å²) in [7, 11) is 19.6. The maximum atomic E-state index is 10.5. The van der Waals surface area contributed by atoms with Gasteiger partial charge in [0.1, 0.15) is 9.84 Å². The number of likely N-dealkylation sites (N-methyl/N-ethyl adjacent to an activating group) is 2. The fraction of sp³-hybridized carbons (Fsp3) is 1.00. The van der Waals surface area contributed by atoms with Crippen LogP contribution in [0.4, 0.5) is 0 Å². The zero-order chi connectivity index (χ0) is 114. The summed E-state index contributed by atoms with van der Waals surface area (Å²) in [4.78, 5) is 33.0. The number of rotatable bonds is 52. The Labute approximate surface area is 914 Å². The number of hydrogen-bond donors (Lipinski definition) is 1. The van der Waals surface area contributed by atoms with Gasteiger partial charge in [-0.15, -0.1) is 0 Å². The number of nitrogens with zero attached hydrogens (tertiary/aromatic N) is 14. The van der Waals surface area contributed by atoms with E-state index in [9.17, 15) is 13.5 Å². The second kappa shape index (κ2) is 109. The Balaban J connectivity index is -0.000000235. The molecule has 20 nitrogen and oxygen atoms in total. The highest BCUT2D eigenvalue weighted by Gasteiger charge is 2.26. The van der Waals surface area contributed by atoms with Gasteiger partial charge in [0, 0.05) is 96.1 Å². The predicted molar refractivity (Wildman–Crippen MR) is 650 cm³/mol. The van der Waals surface area contributed by atoms with E-state index in [0.29, 0.717) is 24.1 Å². The third-order valence-corrected chi connectivity index (χ3v) is 27.5. The topological polar surface area (TPSA) is 127 Å². The van der Waals surface area contributed by atoms with Gasteiger partial charge in [0.2, 0.25) is 0 Å². The molecule has 1 unspecified atom stereocenters. The third kappa shape index (κ3) is 143. The molecule has 880 valence electrons. The number of aliphatic hydroxyl groups is 1. The summed E-state index contributed by atoms with van der Waals surface area (Å²) in [5.41, 5.74) is 0. The van der Waals surface area contributed by atoms with Gasteiger partial charge in [-0.25, -0.2) is 8.42 Å². The van der Waals surface area contributed by atoms with Crippen LogP contribution in [0.2, 0.25) is 0 Å². The lowest BCUT2D eigenvalue weighted by Crippen LogP contribution is -2.44. The van der Waals surface area contributed by atoms with Gasteiger partial charge in [-0.2, -0.15) is 0 Å². The van der Waals surface area contributed by atoms with Crippen molar-refractivity contribution in [3.63, 3.8) is 0 Å². The average molecular weight is 2080 g/mol. The number of piperidine rings is 1. The molecule has 1 atom stereocenters. The lowest BCUT2D eigenvalue weighted by molar-refractivity contribution is 0.0360. The number of likely N-dealkylation sites (tertiary alicyclic amines) is 4. The van der Waals surface area contributed by atoms with Crippen LogP contribution >= 0.6 is 0 Å². The van der Waals surface area contributed by atoms with E-state index >= 15 is 0 Å². The molecule has 6 aliphatic heterocycles. The number of sulfone groups is 1. The van der Waals surface area contributed by atoms with Crippen LogP contribution in [-0.4, -0.2) is 420 Å². The van der Waals surface area contributed by atoms with Crippen molar-refractivity contribution in [1.29, 1.82) is 0 Å². The largest absolute Gasteiger partial charge is 0.392 e. The number of methoxy groups -OCH3 is 2. The Morgan fingerprint density at radius 1 is 0.319 bits per heavy atom. The van der Waals surface area contributed by atoms with Gasteiger partial charge in [0.25, 0.3) is 0 Å². The van der Waals surface area contributed by atoms with E-state index in [1.165, 1.54) is 303 Å². The standard InChI is InChI=1S/C10H22N2.C10H21N.2C9H19NO.C9H21NO.2C9H19N.C9H21N.C8H17N.C8H19N.3C7H17N.C6H14O2S.C6H14O/c1-10(2)4-5-12-8-6-11(3)7-9-12;1-10(2)6-9-11-7-4-3-5-8-11;1-8(2)3-5-10-6-4-9(11)7-10;1-9(2)3-4-10-5-7-11-8-6-10;1-9(2)5-6-10(3)7-8-11-4;1-8(2)6-7-10(3)9-4-5-9;1-9(2)5-8-10-6-3-4-7-10;1-5-10(6-2)8-7-9(3)4;1-8(2)4-7-9-5-3-6-9;1-5-9(4)7-6-8(2)3;3*1-7(2)5-6-8(3)4;1-6(2)4-5-9(3,7)8;1-6(2)4-5-7-3/h10H,4-9H2,1-3H3;10H,3-9H2,1-2H3;8-9,11H,3-7H2,1-2H3;9H,3-8H2,1-2H3;9H,5-8H2,1-4H3;8-9H,4-7H2,1-3H3;9H,3-8H2,1-2H3;9H,5-8H2,1-4H3;8H,3-7H2,1-2H3;8H,5-7H2,1-4H3;3*7H,5-6H2,1-4H3;6H,4-5H2,1-3H3;6H,4-5H2,1-3H3/i;;;;;;;;;;3D3;;;;. The first kappa shape index (κ1) is 152. The second-order valence-electron chi connectivity index (χ2n) is 50.3. The van der Waals surface area contributed by atoms with Crippen molar-refractivity contribution >= 4 is 9.84 Å². The lowest BCUT2D eigenvalue weighted by atomic mass is 10.1. The Kier molecular flexibility index (Phi) is 115. The maximum absolute atomic E-state index is 10.5.